The van der Waals surface area contributed by atoms with Crippen molar-refractivity contribution in [2.45, 2.75) is 32.1 Å². The lowest BCUT2D eigenvalue weighted by Crippen LogP contribution is -2.47. The van der Waals surface area contributed by atoms with Gasteiger partial charge in [-0.05, 0) is 43.2 Å². The fourth-order valence-corrected chi connectivity index (χ4v) is 3.16. The van der Waals surface area contributed by atoms with E-state index in [2.05, 4.69) is 15.6 Å². The van der Waals surface area contributed by atoms with Crippen LogP contribution in [0.1, 0.15) is 32.1 Å². The molecule has 0 bridgehead atoms. The molecule has 0 spiro atoms. The van der Waals surface area contributed by atoms with Gasteiger partial charge in [-0.15, -0.1) is 24.0 Å². The highest BCUT2D eigenvalue weighted by Crippen LogP contribution is 2.43. The molecule has 1 aliphatic rings. The molecule has 0 atom stereocenters. The van der Waals surface area contributed by atoms with E-state index in [9.17, 15) is 0 Å². The summed E-state index contributed by atoms with van der Waals surface area (Å²) in [4.78, 5) is 4.31. The number of hydrogen-bond donors (Lipinski definition) is 2. The summed E-state index contributed by atoms with van der Waals surface area (Å²) in [5, 5.41) is 6.83. The number of nitrogens with one attached hydrogen (secondary N) is 2. The lowest BCUT2D eigenvalue weighted by molar-refractivity contribution is 0.0732. The molecule has 0 amide bonds. The van der Waals surface area contributed by atoms with Gasteiger partial charge in [0, 0.05) is 39.9 Å². The minimum absolute atomic E-state index is 0. The second-order valence-electron chi connectivity index (χ2n) is 6.83. The van der Waals surface area contributed by atoms with E-state index >= 15 is 0 Å². The first kappa shape index (κ1) is 23.8. The Hall–Kier alpha value is -1.22. The van der Waals surface area contributed by atoms with Crippen molar-refractivity contribution in [3.8, 4) is 11.5 Å². The molecule has 0 radical (unpaired) electrons. The molecule has 0 heterocycles. The Bertz CT molecular complexity index is 565. The predicted molar refractivity (Wildman–Crippen MR) is 121 cm³/mol. The molecule has 7 heteroatoms. The molecule has 1 aromatic rings. The van der Waals surface area contributed by atoms with E-state index in [1.54, 1.807) is 14.2 Å². The predicted octanol–water partition coefficient (Wildman–Crippen LogP) is 3.45. The zero-order chi connectivity index (χ0) is 18.7. The van der Waals surface area contributed by atoms with Gasteiger partial charge in [0.2, 0.25) is 0 Å². The molecule has 6 nitrogen and oxygen atoms in total. The average molecular weight is 491 g/mol. The highest BCUT2D eigenvalue weighted by Gasteiger charge is 2.36. The van der Waals surface area contributed by atoms with Gasteiger partial charge in [0.15, 0.2) is 5.96 Å². The Morgan fingerprint density at radius 2 is 1.93 bits per heavy atom. The van der Waals surface area contributed by atoms with Gasteiger partial charge >= 0.3 is 0 Å². The molecule has 0 saturated heterocycles. The van der Waals surface area contributed by atoms with E-state index in [4.69, 9.17) is 14.2 Å². The molecule has 0 aromatic heterocycles. The first-order chi connectivity index (χ1) is 12.7. The topological polar surface area (TPSA) is 64.1 Å². The van der Waals surface area contributed by atoms with E-state index in [0.717, 1.165) is 50.0 Å². The van der Waals surface area contributed by atoms with Crippen LogP contribution in [-0.4, -0.2) is 53.5 Å². The minimum atomic E-state index is 0. The summed E-state index contributed by atoms with van der Waals surface area (Å²) in [6.45, 7) is 3.25. The molecule has 27 heavy (non-hydrogen) atoms. The van der Waals surface area contributed by atoms with Crippen LogP contribution in [0, 0.1) is 5.41 Å². The van der Waals surface area contributed by atoms with Gasteiger partial charge in [0.05, 0.1) is 13.7 Å². The number of methoxy groups -OCH3 is 2. The Kier molecular flexibility index (Phi) is 11.5. The van der Waals surface area contributed by atoms with Gasteiger partial charge in [-0.3, -0.25) is 4.99 Å². The van der Waals surface area contributed by atoms with Crippen molar-refractivity contribution < 1.29 is 14.2 Å². The van der Waals surface area contributed by atoms with Crippen molar-refractivity contribution in [1.29, 1.82) is 0 Å². The fourth-order valence-electron chi connectivity index (χ4n) is 3.16. The van der Waals surface area contributed by atoms with Crippen molar-refractivity contribution in [2.75, 3.05) is 47.6 Å². The molecular formula is C20H34IN3O3. The number of hydrogen-bond acceptors (Lipinski definition) is 4. The van der Waals surface area contributed by atoms with Crippen molar-refractivity contribution in [3.63, 3.8) is 0 Å². The Labute approximate surface area is 180 Å². The monoisotopic (exact) mass is 491 g/mol. The number of nitrogens with zero attached hydrogens (tertiary/aromatic N) is 1. The highest BCUT2D eigenvalue weighted by molar-refractivity contribution is 14.0. The lowest BCUT2D eigenvalue weighted by atomic mass is 9.67. The Morgan fingerprint density at radius 1 is 1.15 bits per heavy atom. The highest BCUT2D eigenvalue weighted by atomic mass is 127. The number of aliphatic imine (C=N–C) groups is 1. The summed E-state index contributed by atoms with van der Waals surface area (Å²) in [6, 6.07) is 7.67. The smallest absolute Gasteiger partial charge is 0.190 e. The van der Waals surface area contributed by atoms with Crippen LogP contribution in [0.4, 0.5) is 0 Å². The molecule has 1 aromatic carbocycles. The van der Waals surface area contributed by atoms with Gasteiger partial charge in [0.1, 0.15) is 11.5 Å². The largest absolute Gasteiger partial charge is 0.497 e. The van der Waals surface area contributed by atoms with Crippen LogP contribution in [0.3, 0.4) is 0 Å². The summed E-state index contributed by atoms with van der Waals surface area (Å²) < 4.78 is 16.2. The normalized spacial score (nSPS) is 15.3. The summed E-state index contributed by atoms with van der Waals surface area (Å²) in [7, 11) is 5.24. The van der Waals surface area contributed by atoms with E-state index in [-0.39, 0.29) is 24.0 Å². The van der Waals surface area contributed by atoms with Crippen LogP contribution >= 0.6 is 24.0 Å². The van der Waals surface area contributed by atoms with Crippen molar-refractivity contribution >= 4 is 29.9 Å². The number of guanidine groups is 1. The van der Waals surface area contributed by atoms with Crippen molar-refractivity contribution in [1.82, 2.24) is 10.6 Å². The van der Waals surface area contributed by atoms with Crippen LogP contribution in [0.2, 0.25) is 0 Å². The van der Waals surface area contributed by atoms with Crippen LogP contribution < -0.4 is 20.1 Å². The summed E-state index contributed by atoms with van der Waals surface area (Å²) in [5.74, 6) is 2.50. The van der Waals surface area contributed by atoms with Gasteiger partial charge in [-0.2, -0.15) is 0 Å². The fraction of sp³-hybridized carbons (Fsp3) is 0.650. The van der Waals surface area contributed by atoms with E-state index in [0.29, 0.717) is 12.0 Å². The maximum Gasteiger partial charge on any atom is 0.190 e. The molecule has 154 valence electrons. The number of rotatable bonds is 11. The Balaban J connectivity index is 0.00000364. The van der Waals surface area contributed by atoms with E-state index in [1.807, 2.05) is 31.3 Å². The lowest BCUT2D eigenvalue weighted by Gasteiger charge is -2.42. The third-order valence-corrected chi connectivity index (χ3v) is 5.03. The van der Waals surface area contributed by atoms with Crippen molar-refractivity contribution in [3.05, 3.63) is 24.3 Å². The summed E-state index contributed by atoms with van der Waals surface area (Å²) >= 11 is 0. The molecule has 1 aliphatic carbocycles. The van der Waals surface area contributed by atoms with Gasteiger partial charge < -0.3 is 24.8 Å². The second-order valence-corrected chi connectivity index (χ2v) is 6.83. The number of halogens is 1. The van der Waals surface area contributed by atoms with E-state index in [1.165, 1.54) is 19.3 Å². The quantitative estimate of drug-likeness (QED) is 0.215. The average Bonchev–Trinajstić information content (AvgIpc) is 2.65. The van der Waals surface area contributed by atoms with Gasteiger partial charge in [-0.25, -0.2) is 0 Å². The molecule has 0 unspecified atom stereocenters. The standard InChI is InChI=1S/C20H33N3O3.HI/c1-21-19(23-16-20(9-5-10-20)11-14-24-2)22-12-6-13-26-18-8-4-7-17(15-18)25-3;/h4,7-8,15H,5-6,9-14,16H2,1-3H3,(H2,21,22,23);1H. The first-order valence-electron chi connectivity index (χ1n) is 9.42. The SMILES string of the molecule is CN=C(NCCCOc1cccc(OC)c1)NCC1(CCOC)CCC1.I. The summed E-state index contributed by atoms with van der Waals surface area (Å²) in [5.41, 5.74) is 0.378. The second kappa shape index (κ2) is 13.0. The van der Waals surface area contributed by atoms with Crippen LogP contribution in [0.5, 0.6) is 11.5 Å². The third kappa shape index (κ3) is 8.13. The maximum absolute atomic E-state index is 5.75. The summed E-state index contributed by atoms with van der Waals surface area (Å²) in [6.07, 6.45) is 5.87. The third-order valence-electron chi connectivity index (χ3n) is 5.03. The zero-order valence-electron chi connectivity index (χ0n) is 16.8. The number of ether oxygens (including phenoxy) is 3. The Morgan fingerprint density at radius 3 is 2.56 bits per heavy atom. The molecule has 2 N–H and O–H groups in total. The zero-order valence-corrected chi connectivity index (χ0v) is 19.1. The molecule has 0 aliphatic heterocycles. The molecule has 1 saturated carbocycles. The number of benzene rings is 1. The van der Waals surface area contributed by atoms with Gasteiger partial charge in [-0.1, -0.05) is 12.5 Å². The van der Waals surface area contributed by atoms with Crippen LogP contribution in [-0.2, 0) is 4.74 Å². The molecule has 1 fully saturated rings. The molecule has 2 rings (SSSR count). The van der Waals surface area contributed by atoms with Gasteiger partial charge in [0.25, 0.3) is 0 Å². The van der Waals surface area contributed by atoms with Crippen LogP contribution in [0.25, 0.3) is 0 Å². The van der Waals surface area contributed by atoms with E-state index < -0.39 is 0 Å². The minimum Gasteiger partial charge on any atom is -0.497 e. The van der Waals surface area contributed by atoms with Crippen LogP contribution in [0.15, 0.2) is 29.3 Å². The van der Waals surface area contributed by atoms with Crippen molar-refractivity contribution in [2.24, 2.45) is 10.4 Å². The maximum atomic E-state index is 5.75. The molecular weight excluding hydrogens is 457 g/mol. The first-order valence-corrected chi connectivity index (χ1v) is 9.42.